The van der Waals surface area contributed by atoms with Gasteiger partial charge < -0.3 is 14.2 Å². The van der Waals surface area contributed by atoms with Gasteiger partial charge in [0.15, 0.2) is 6.29 Å². The molecule has 1 rings (SSSR count). The fourth-order valence-corrected chi connectivity index (χ4v) is 1.19. The van der Waals surface area contributed by atoms with E-state index in [9.17, 15) is 14.4 Å². The molecular formula is C13H12O6. The topological polar surface area (TPSA) is 78.9 Å². The number of carbonyl (C=O) groups excluding carboxylic acids is 3. The van der Waals surface area contributed by atoms with Crippen LogP contribution in [0.5, 0.6) is 5.75 Å². The number of carbonyl (C=O) groups is 3. The van der Waals surface area contributed by atoms with Crippen LogP contribution >= 0.6 is 0 Å². The van der Waals surface area contributed by atoms with Crippen LogP contribution in [0.1, 0.15) is 10.4 Å². The molecule has 0 atom stereocenters. The molecule has 100 valence electrons. The van der Waals surface area contributed by atoms with E-state index >= 15 is 0 Å². The molecule has 0 N–H and O–H groups in total. The lowest BCUT2D eigenvalue weighted by atomic mass is 10.2. The molecule has 1 aromatic rings. The normalized spacial score (nSPS) is 10.5. The lowest BCUT2D eigenvalue weighted by molar-refractivity contribution is -0.140. The van der Waals surface area contributed by atoms with Crippen molar-refractivity contribution in [2.75, 3.05) is 14.2 Å². The van der Waals surface area contributed by atoms with E-state index in [1.54, 1.807) is 12.1 Å². The van der Waals surface area contributed by atoms with Crippen LogP contribution in [0.15, 0.2) is 36.1 Å². The minimum Gasteiger partial charge on any atom is -0.466 e. The van der Waals surface area contributed by atoms with Crippen molar-refractivity contribution >= 4 is 18.2 Å². The lowest BCUT2D eigenvalue weighted by Crippen LogP contribution is -2.14. The summed E-state index contributed by atoms with van der Waals surface area (Å²) in [5.41, 5.74) is 0.238. The van der Waals surface area contributed by atoms with E-state index < -0.39 is 11.9 Å². The first-order valence-corrected chi connectivity index (χ1v) is 5.22. The number of rotatable bonds is 5. The minimum absolute atomic E-state index is 0.137. The summed E-state index contributed by atoms with van der Waals surface area (Å²) >= 11 is 0. The molecule has 6 heteroatoms. The summed E-state index contributed by atoms with van der Waals surface area (Å²) in [6, 6.07) is 6.25. The van der Waals surface area contributed by atoms with Gasteiger partial charge in [0.05, 0.1) is 25.9 Å². The number of hydrogen-bond acceptors (Lipinski definition) is 6. The fourth-order valence-electron chi connectivity index (χ4n) is 1.19. The molecule has 0 spiro atoms. The number of hydrogen-bond donors (Lipinski definition) is 0. The van der Waals surface area contributed by atoms with Gasteiger partial charge in [-0.3, -0.25) is 4.79 Å². The third-order valence-corrected chi connectivity index (χ3v) is 2.10. The SMILES string of the molecule is COC(=O)/C=C(\Oc1ccccc1C=O)C(=O)OC. The summed E-state index contributed by atoms with van der Waals surface area (Å²) in [5.74, 6) is -1.86. The van der Waals surface area contributed by atoms with E-state index in [0.29, 0.717) is 6.29 Å². The monoisotopic (exact) mass is 264 g/mol. The number of aldehydes is 1. The fraction of sp³-hybridized carbons (Fsp3) is 0.154. The quantitative estimate of drug-likeness (QED) is 0.343. The van der Waals surface area contributed by atoms with Gasteiger partial charge in [0, 0.05) is 0 Å². The van der Waals surface area contributed by atoms with Crippen molar-refractivity contribution in [2.24, 2.45) is 0 Å². The van der Waals surface area contributed by atoms with Gasteiger partial charge in [0.2, 0.25) is 5.76 Å². The highest BCUT2D eigenvalue weighted by molar-refractivity contribution is 5.95. The number of para-hydroxylation sites is 1. The van der Waals surface area contributed by atoms with E-state index in [1.807, 2.05) is 0 Å². The first-order valence-electron chi connectivity index (χ1n) is 5.22. The van der Waals surface area contributed by atoms with Crippen LogP contribution in [-0.4, -0.2) is 32.4 Å². The van der Waals surface area contributed by atoms with Crippen LogP contribution in [0.4, 0.5) is 0 Å². The summed E-state index contributed by atoms with van der Waals surface area (Å²) in [6.45, 7) is 0. The Hall–Kier alpha value is -2.63. The van der Waals surface area contributed by atoms with Gasteiger partial charge >= 0.3 is 11.9 Å². The van der Waals surface area contributed by atoms with E-state index in [2.05, 4.69) is 9.47 Å². The van der Waals surface area contributed by atoms with E-state index in [-0.39, 0.29) is 17.1 Å². The molecule has 19 heavy (non-hydrogen) atoms. The molecule has 0 unspecified atom stereocenters. The molecule has 0 aromatic heterocycles. The first kappa shape index (κ1) is 14.4. The minimum atomic E-state index is -0.855. The molecule has 0 heterocycles. The third-order valence-electron chi connectivity index (χ3n) is 2.10. The zero-order valence-corrected chi connectivity index (χ0v) is 10.4. The average Bonchev–Trinajstić information content (AvgIpc) is 2.45. The first-order chi connectivity index (χ1) is 9.12. The molecule has 6 nitrogen and oxygen atoms in total. The molecule has 0 aliphatic carbocycles. The number of benzene rings is 1. The van der Waals surface area contributed by atoms with Crippen LogP contribution in [0.25, 0.3) is 0 Å². The number of esters is 2. The molecule has 1 aromatic carbocycles. The van der Waals surface area contributed by atoms with Crippen molar-refractivity contribution in [1.29, 1.82) is 0 Å². The van der Waals surface area contributed by atoms with Crippen molar-refractivity contribution in [3.63, 3.8) is 0 Å². The van der Waals surface area contributed by atoms with Crippen LogP contribution in [-0.2, 0) is 19.1 Å². The second-order valence-corrected chi connectivity index (χ2v) is 3.28. The highest BCUT2D eigenvalue weighted by atomic mass is 16.6. The van der Waals surface area contributed by atoms with Crippen LogP contribution in [0, 0.1) is 0 Å². The Morgan fingerprint density at radius 1 is 1.11 bits per heavy atom. The predicted molar refractivity (Wildman–Crippen MR) is 64.6 cm³/mol. The summed E-state index contributed by atoms with van der Waals surface area (Å²) in [5, 5.41) is 0. The maximum absolute atomic E-state index is 11.5. The van der Waals surface area contributed by atoms with Crippen molar-refractivity contribution in [3.05, 3.63) is 41.7 Å². The number of methoxy groups -OCH3 is 2. The molecule has 0 radical (unpaired) electrons. The standard InChI is InChI=1S/C13H12O6/c1-17-12(15)7-11(13(16)18-2)19-10-6-4-3-5-9(10)8-14/h3-8H,1-2H3/b11-7-. The molecule has 0 aliphatic heterocycles. The molecule has 0 fully saturated rings. The Kier molecular flexibility index (Phi) is 5.28. The highest BCUT2D eigenvalue weighted by Gasteiger charge is 2.16. The Balaban J connectivity index is 3.07. The van der Waals surface area contributed by atoms with Gasteiger partial charge in [0.25, 0.3) is 0 Å². The van der Waals surface area contributed by atoms with Gasteiger partial charge in [-0.05, 0) is 12.1 Å². The smallest absolute Gasteiger partial charge is 0.374 e. The predicted octanol–water partition coefficient (Wildman–Crippen LogP) is 1.11. The Morgan fingerprint density at radius 2 is 1.79 bits per heavy atom. The second kappa shape index (κ2) is 6.95. The molecular weight excluding hydrogens is 252 g/mol. The summed E-state index contributed by atoms with van der Waals surface area (Å²) < 4.78 is 14.1. The van der Waals surface area contributed by atoms with E-state index in [1.165, 1.54) is 12.1 Å². The molecule has 0 aliphatic rings. The van der Waals surface area contributed by atoms with Gasteiger partial charge in [0.1, 0.15) is 5.75 Å². The van der Waals surface area contributed by atoms with E-state index in [4.69, 9.17) is 4.74 Å². The zero-order valence-electron chi connectivity index (χ0n) is 10.4. The summed E-state index contributed by atoms with van der Waals surface area (Å²) in [7, 11) is 2.30. The number of ether oxygens (including phenoxy) is 3. The van der Waals surface area contributed by atoms with Crippen LogP contribution in [0.3, 0.4) is 0 Å². The van der Waals surface area contributed by atoms with Gasteiger partial charge in [-0.2, -0.15) is 0 Å². The van der Waals surface area contributed by atoms with E-state index in [0.717, 1.165) is 20.3 Å². The maximum Gasteiger partial charge on any atom is 0.374 e. The average molecular weight is 264 g/mol. The van der Waals surface area contributed by atoms with Crippen LogP contribution in [0.2, 0.25) is 0 Å². The lowest BCUT2D eigenvalue weighted by Gasteiger charge is -2.09. The van der Waals surface area contributed by atoms with Crippen molar-refractivity contribution in [1.82, 2.24) is 0 Å². The zero-order chi connectivity index (χ0) is 14.3. The largest absolute Gasteiger partial charge is 0.466 e. The summed E-state index contributed by atoms with van der Waals surface area (Å²) in [6.07, 6.45) is 1.41. The van der Waals surface area contributed by atoms with Crippen molar-refractivity contribution in [2.45, 2.75) is 0 Å². The Labute approximate surface area is 109 Å². The highest BCUT2D eigenvalue weighted by Crippen LogP contribution is 2.19. The third kappa shape index (κ3) is 3.95. The van der Waals surface area contributed by atoms with Crippen molar-refractivity contribution < 1.29 is 28.6 Å². The molecule has 0 amide bonds. The molecule has 0 saturated heterocycles. The van der Waals surface area contributed by atoms with Gasteiger partial charge in [-0.25, -0.2) is 9.59 Å². The van der Waals surface area contributed by atoms with Crippen molar-refractivity contribution in [3.8, 4) is 5.75 Å². The Bertz CT molecular complexity index is 518. The molecule has 0 saturated carbocycles. The maximum atomic E-state index is 11.5. The van der Waals surface area contributed by atoms with Gasteiger partial charge in [-0.15, -0.1) is 0 Å². The second-order valence-electron chi connectivity index (χ2n) is 3.28. The summed E-state index contributed by atoms with van der Waals surface area (Å²) in [4.78, 5) is 33.4. The Morgan fingerprint density at radius 3 is 2.37 bits per heavy atom. The van der Waals surface area contributed by atoms with Crippen LogP contribution < -0.4 is 4.74 Å². The molecule has 0 bridgehead atoms. The van der Waals surface area contributed by atoms with Gasteiger partial charge in [-0.1, -0.05) is 12.1 Å².